The highest BCUT2D eigenvalue weighted by molar-refractivity contribution is 7.89. The van der Waals surface area contributed by atoms with Crippen LogP contribution >= 0.6 is 0 Å². The van der Waals surface area contributed by atoms with Crippen LogP contribution in [0.5, 0.6) is 0 Å². The molecule has 6 heteroatoms. The van der Waals surface area contributed by atoms with E-state index in [1.165, 1.54) is 18.2 Å². The third-order valence-corrected chi connectivity index (χ3v) is 3.22. The summed E-state index contributed by atoms with van der Waals surface area (Å²) >= 11 is 0. The first-order chi connectivity index (χ1) is 7.56. The molecule has 0 saturated carbocycles. The topological polar surface area (TPSA) is 72.2 Å². The third-order valence-electron chi connectivity index (χ3n) is 1.80. The molecular weight excluding hydrogens is 231 g/mol. The van der Waals surface area contributed by atoms with Gasteiger partial charge < -0.3 is 5.73 Å². The van der Waals surface area contributed by atoms with E-state index in [1.54, 1.807) is 12.2 Å². The molecule has 0 saturated heterocycles. The normalized spacial score (nSPS) is 12.1. The van der Waals surface area contributed by atoms with Gasteiger partial charge in [0.1, 0.15) is 5.82 Å². The van der Waals surface area contributed by atoms with E-state index in [9.17, 15) is 12.8 Å². The van der Waals surface area contributed by atoms with E-state index in [4.69, 9.17) is 5.73 Å². The molecule has 1 aromatic rings. The summed E-state index contributed by atoms with van der Waals surface area (Å²) in [5.74, 6) is -0.583. The molecule has 0 aliphatic heterocycles. The van der Waals surface area contributed by atoms with Gasteiger partial charge in [-0.15, -0.1) is 0 Å². The van der Waals surface area contributed by atoms with Gasteiger partial charge in [0, 0.05) is 13.1 Å². The van der Waals surface area contributed by atoms with Gasteiger partial charge in [-0.1, -0.05) is 18.2 Å². The fraction of sp³-hybridized carbons (Fsp3) is 0.200. The summed E-state index contributed by atoms with van der Waals surface area (Å²) in [4.78, 5) is -0.0892. The number of sulfonamides is 1. The second kappa shape index (κ2) is 5.74. The Morgan fingerprint density at radius 2 is 2.12 bits per heavy atom. The van der Waals surface area contributed by atoms with Crippen molar-refractivity contribution in [2.45, 2.75) is 4.90 Å². The number of rotatable bonds is 5. The van der Waals surface area contributed by atoms with Gasteiger partial charge in [-0.3, -0.25) is 0 Å². The number of nitrogens with one attached hydrogen (secondary N) is 1. The Bertz CT molecular complexity index is 471. The first kappa shape index (κ1) is 12.8. The maximum absolute atomic E-state index is 12.8. The van der Waals surface area contributed by atoms with Gasteiger partial charge in [0.25, 0.3) is 0 Å². The van der Waals surface area contributed by atoms with Gasteiger partial charge in [0.2, 0.25) is 10.0 Å². The second-order valence-corrected chi connectivity index (χ2v) is 4.78. The minimum absolute atomic E-state index is 0.0892. The van der Waals surface area contributed by atoms with Crippen molar-refractivity contribution >= 4 is 10.0 Å². The summed E-state index contributed by atoms with van der Waals surface area (Å²) in [6.45, 7) is 0.484. The lowest BCUT2D eigenvalue weighted by atomic mass is 10.4. The van der Waals surface area contributed by atoms with E-state index >= 15 is 0 Å². The van der Waals surface area contributed by atoms with Crippen molar-refractivity contribution in [2.24, 2.45) is 5.73 Å². The van der Waals surface area contributed by atoms with Gasteiger partial charge in [-0.25, -0.2) is 17.5 Å². The summed E-state index contributed by atoms with van der Waals surface area (Å²) in [6.07, 6.45) is 3.23. The molecule has 0 aromatic heterocycles. The zero-order chi connectivity index (χ0) is 12.0. The predicted molar refractivity (Wildman–Crippen MR) is 59.8 cm³/mol. The first-order valence-corrected chi connectivity index (χ1v) is 6.15. The monoisotopic (exact) mass is 244 g/mol. The van der Waals surface area contributed by atoms with Crippen LogP contribution in [-0.4, -0.2) is 21.5 Å². The first-order valence-electron chi connectivity index (χ1n) is 4.66. The number of benzene rings is 1. The summed E-state index contributed by atoms with van der Waals surface area (Å²) in [5.41, 5.74) is 5.20. The predicted octanol–water partition coefficient (Wildman–Crippen LogP) is 0.619. The van der Waals surface area contributed by atoms with E-state index < -0.39 is 15.8 Å². The third kappa shape index (κ3) is 3.73. The smallest absolute Gasteiger partial charge is 0.240 e. The molecular formula is C10H13FN2O2S. The van der Waals surface area contributed by atoms with Crippen LogP contribution in [0.2, 0.25) is 0 Å². The number of halogens is 1. The lowest BCUT2D eigenvalue weighted by Gasteiger charge is -2.04. The van der Waals surface area contributed by atoms with Crippen molar-refractivity contribution in [1.82, 2.24) is 4.72 Å². The molecule has 4 nitrogen and oxygen atoms in total. The van der Waals surface area contributed by atoms with Gasteiger partial charge in [-0.2, -0.15) is 0 Å². The lowest BCUT2D eigenvalue weighted by Crippen LogP contribution is -2.23. The van der Waals surface area contributed by atoms with Crippen LogP contribution < -0.4 is 10.5 Å². The highest BCUT2D eigenvalue weighted by Crippen LogP contribution is 2.09. The second-order valence-electron chi connectivity index (χ2n) is 3.02. The van der Waals surface area contributed by atoms with Crippen LogP contribution in [0.15, 0.2) is 41.3 Å². The van der Waals surface area contributed by atoms with E-state index in [1.807, 2.05) is 0 Å². The maximum atomic E-state index is 12.8. The molecule has 0 aliphatic rings. The van der Waals surface area contributed by atoms with Crippen LogP contribution in [0, 0.1) is 5.82 Å². The molecule has 0 heterocycles. The van der Waals surface area contributed by atoms with Crippen LogP contribution in [0.3, 0.4) is 0 Å². The lowest BCUT2D eigenvalue weighted by molar-refractivity contribution is 0.581. The van der Waals surface area contributed by atoms with Crippen molar-refractivity contribution in [3.63, 3.8) is 0 Å². The van der Waals surface area contributed by atoms with E-state index in [-0.39, 0.29) is 11.4 Å². The van der Waals surface area contributed by atoms with Crippen LogP contribution in [0.25, 0.3) is 0 Å². The zero-order valence-corrected chi connectivity index (χ0v) is 9.37. The minimum Gasteiger partial charge on any atom is -0.327 e. The van der Waals surface area contributed by atoms with Crippen molar-refractivity contribution in [1.29, 1.82) is 0 Å². The number of hydrogen-bond donors (Lipinski definition) is 2. The molecule has 0 amide bonds. The van der Waals surface area contributed by atoms with Crippen molar-refractivity contribution < 1.29 is 12.8 Å². The molecule has 16 heavy (non-hydrogen) atoms. The molecule has 0 atom stereocenters. The molecule has 1 rings (SSSR count). The fourth-order valence-corrected chi connectivity index (χ4v) is 2.06. The van der Waals surface area contributed by atoms with Crippen molar-refractivity contribution in [2.75, 3.05) is 13.1 Å². The summed E-state index contributed by atoms with van der Waals surface area (Å²) in [7, 11) is -3.65. The molecule has 1 aromatic carbocycles. The molecule has 0 spiro atoms. The SMILES string of the molecule is NC/C=C/CNS(=O)(=O)c1cccc(F)c1. The Morgan fingerprint density at radius 1 is 1.38 bits per heavy atom. The largest absolute Gasteiger partial charge is 0.327 e. The van der Waals surface area contributed by atoms with Gasteiger partial charge in [-0.05, 0) is 18.2 Å². The highest BCUT2D eigenvalue weighted by atomic mass is 32.2. The van der Waals surface area contributed by atoms with Crippen LogP contribution in [-0.2, 0) is 10.0 Å². The molecule has 0 unspecified atom stereocenters. The van der Waals surface area contributed by atoms with Crippen LogP contribution in [0.4, 0.5) is 4.39 Å². The molecule has 88 valence electrons. The van der Waals surface area contributed by atoms with E-state index in [0.29, 0.717) is 6.54 Å². The Labute approximate surface area is 94.0 Å². The maximum Gasteiger partial charge on any atom is 0.240 e. The summed E-state index contributed by atoms with van der Waals surface area (Å²) in [6, 6.07) is 4.83. The van der Waals surface area contributed by atoms with E-state index in [2.05, 4.69) is 4.72 Å². The number of nitrogens with two attached hydrogens (primary N) is 1. The van der Waals surface area contributed by atoms with Crippen molar-refractivity contribution in [3.8, 4) is 0 Å². The van der Waals surface area contributed by atoms with Gasteiger partial charge in [0.15, 0.2) is 0 Å². The Balaban J connectivity index is 2.75. The molecule has 0 aliphatic carbocycles. The highest BCUT2D eigenvalue weighted by Gasteiger charge is 2.12. The standard InChI is InChI=1S/C10H13FN2O2S/c11-9-4-3-5-10(8-9)16(14,15)13-7-2-1-6-12/h1-5,8,13H,6-7,12H2/b2-1+. The minimum atomic E-state index is -3.65. The summed E-state index contributed by atoms with van der Waals surface area (Å²) in [5, 5.41) is 0. The molecule has 0 bridgehead atoms. The summed E-state index contributed by atoms with van der Waals surface area (Å²) < 4.78 is 38.3. The molecule has 0 radical (unpaired) electrons. The average Bonchev–Trinajstić information content (AvgIpc) is 2.24. The quantitative estimate of drug-likeness (QED) is 0.746. The van der Waals surface area contributed by atoms with Crippen LogP contribution in [0.1, 0.15) is 0 Å². The zero-order valence-electron chi connectivity index (χ0n) is 8.56. The van der Waals surface area contributed by atoms with Crippen molar-refractivity contribution in [3.05, 3.63) is 42.2 Å². The number of hydrogen-bond acceptors (Lipinski definition) is 3. The Kier molecular flexibility index (Phi) is 4.60. The molecule has 0 fully saturated rings. The van der Waals surface area contributed by atoms with Gasteiger partial charge in [0.05, 0.1) is 4.90 Å². The Hall–Kier alpha value is -1.24. The Morgan fingerprint density at radius 3 is 2.75 bits per heavy atom. The van der Waals surface area contributed by atoms with E-state index in [0.717, 1.165) is 6.07 Å². The van der Waals surface area contributed by atoms with Gasteiger partial charge >= 0.3 is 0 Å². The molecule has 3 N–H and O–H groups in total. The average molecular weight is 244 g/mol. The fourth-order valence-electron chi connectivity index (χ4n) is 1.05.